The summed E-state index contributed by atoms with van der Waals surface area (Å²) in [4.78, 5) is 11.9. The zero-order valence-electron chi connectivity index (χ0n) is 14.5. The van der Waals surface area contributed by atoms with Crippen LogP contribution in [-0.2, 0) is 4.79 Å². The van der Waals surface area contributed by atoms with Gasteiger partial charge in [-0.2, -0.15) is 0 Å². The first-order valence-electron chi connectivity index (χ1n) is 8.65. The zero-order valence-corrected chi connectivity index (χ0v) is 14.5. The Labute approximate surface area is 151 Å². The van der Waals surface area contributed by atoms with Gasteiger partial charge in [0.25, 0.3) is 0 Å². The van der Waals surface area contributed by atoms with Crippen LogP contribution >= 0.6 is 0 Å². The van der Waals surface area contributed by atoms with Crippen LogP contribution in [0.5, 0.6) is 5.75 Å². The minimum absolute atomic E-state index is 0.00690. The summed E-state index contributed by atoms with van der Waals surface area (Å²) < 4.78 is 6.06. The lowest BCUT2D eigenvalue weighted by Gasteiger charge is -2.29. The molecule has 0 fully saturated rings. The van der Waals surface area contributed by atoms with Gasteiger partial charge in [0.05, 0.1) is 5.57 Å². The van der Waals surface area contributed by atoms with Crippen LogP contribution in [0.2, 0.25) is 0 Å². The predicted octanol–water partition coefficient (Wildman–Crippen LogP) is 2.46. The molecule has 6 N–H and O–H groups in total. The molecule has 4 rings (SSSR count). The lowest BCUT2D eigenvalue weighted by molar-refractivity contribution is -0.387. The van der Waals surface area contributed by atoms with Gasteiger partial charge in [-0.25, -0.2) is 4.79 Å². The molecule has 0 radical (unpaired) electrons. The van der Waals surface area contributed by atoms with Crippen molar-refractivity contribution in [1.29, 1.82) is 0 Å². The van der Waals surface area contributed by atoms with Crippen LogP contribution in [0, 0.1) is 5.92 Å². The maximum Gasteiger partial charge on any atom is 0.335 e. The number of hydrogen-bond acceptors (Lipinski definition) is 3. The van der Waals surface area contributed by atoms with E-state index in [0.29, 0.717) is 22.8 Å². The number of rotatable bonds is 2. The van der Waals surface area contributed by atoms with Gasteiger partial charge >= 0.3 is 5.97 Å². The highest BCUT2D eigenvalue weighted by atomic mass is 16.5. The average Bonchev–Trinajstić information content (AvgIpc) is 2.59. The highest BCUT2D eigenvalue weighted by Crippen LogP contribution is 2.46. The molecule has 0 amide bonds. The molecule has 1 aromatic carbocycles. The molecule has 3 aliphatic rings. The van der Waals surface area contributed by atoms with Gasteiger partial charge in [0.15, 0.2) is 0 Å². The third-order valence-electron chi connectivity index (χ3n) is 4.84. The minimum atomic E-state index is -0.917. The molecular formula is C21H21N2O3+. The summed E-state index contributed by atoms with van der Waals surface area (Å²) in [6, 6.07) is 5.49. The van der Waals surface area contributed by atoms with Crippen LogP contribution < -0.4 is 16.2 Å². The smallest absolute Gasteiger partial charge is 0.335 e. The fraction of sp³-hybridized carbons (Fsp3) is 0.190. The molecule has 2 unspecified atom stereocenters. The number of aliphatic carboxylic acids is 1. The Morgan fingerprint density at radius 3 is 2.92 bits per heavy atom. The summed E-state index contributed by atoms with van der Waals surface area (Å²) in [5, 5.41) is 9.76. The SMILES string of the molecule is CC1C=C(C(=O)O)C(C2=C3C=CC([NH3+])C=C3Oc3cc(N)ccc32)=CC1. The lowest BCUT2D eigenvalue weighted by Crippen LogP contribution is -2.59. The van der Waals surface area contributed by atoms with Crippen molar-refractivity contribution in [3.8, 4) is 5.75 Å². The van der Waals surface area contributed by atoms with Gasteiger partial charge in [0.2, 0.25) is 0 Å². The van der Waals surface area contributed by atoms with Crippen molar-refractivity contribution in [3.05, 3.63) is 76.6 Å². The van der Waals surface area contributed by atoms with Gasteiger partial charge in [-0.3, -0.25) is 0 Å². The first-order valence-corrected chi connectivity index (χ1v) is 8.65. The molecule has 0 bridgehead atoms. The Kier molecular flexibility index (Phi) is 3.81. The summed E-state index contributed by atoms with van der Waals surface area (Å²) in [6.45, 7) is 2.02. The summed E-state index contributed by atoms with van der Waals surface area (Å²) in [5.41, 5.74) is 14.3. The van der Waals surface area contributed by atoms with Crippen molar-refractivity contribution in [3.63, 3.8) is 0 Å². The molecule has 26 heavy (non-hydrogen) atoms. The Bertz CT molecular complexity index is 963. The fourth-order valence-corrected chi connectivity index (χ4v) is 3.60. The first-order chi connectivity index (χ1) is 12.4. The molecule has 0 aromatic heterocycles. The number of carbonyl (C=O) groups is 1. The zero-order chi connectivity index (χ0) is 18.4. The van der Waals surface area contributed by atoms with Crippen molar-refractivity contribution in [2.24, 2.45) is 5.92 Å². The highest BCUT2D eigenvalue weighted by Gasteiger charge is 2.32. The van der Waals surface area contributed by atoms with E-state index in [1.807, 2.05) is 49.4 Å². The minimum Gasteiger partial charge on any atom is -0.478 e. The normalized spacial score (nSPS) is 24.0. The van der Waals surface area contributed by atoms with Crippen LogP contribution in [-0.4, -0.2) is 17.1 Å². The molecule has 2 aliphatic carbocycles. The van der Waals surface area contributed by atoms with Crippen LogP contribution in [0.1, 0.15) is 18.9 Å². The van der Waals surface area contributed by atoms with Crippen molar-refractivity contribution >= 4 is 17.2 Å². The summed E-state index contributed by atoms with van der Waals surface area (Å²) >= 11 is 0. The van der Waals surface area contributed by atoms with Gasteiger partial charge in [-0.15, -0.1) is 0 Å². The number of benzene rings is 1. The van der Waals surface area contributed by atoms with Crippen LogP contribution in [0.3, 0.4) is 0 Å². The van der Waals surface area contributed by atoms with Gasteiger partial charge in [0, 0.05) is 34.5 Å². The topological polar surface area (TPSA) is 100 Å². The van der Waals surface area contributed by atoms with Crippen LogP contribution in [0.4, 0.5) is 5.69 Å². The van der Waals surface area contributed by atoms with E-state index in [0.717, 1.165) is 28.7 Å². The van der Waals surface area contributed by atoms with E-state index < -0.39 is 5.97 Å². The number of ether oxygens (including phenoxy) is 1. The van der Waals surface area contributed by atoms with Crippen molar-refractivity contribution in [2.75, 3.05) is 5.73 Å². The number of quaternary nitrogens is 1. The Balaban J connectivity index is 1.98. The summed E-state index contributed by atoms with van der Waals surface area (Å²) in [7, 11) is 0. The fourth-order valence-electron chi connectivity index (χ4n) is 3.60. The van der Waals surface area contributed by atoms with E-state index in [4.69, 9.17) is 10.5 Å². The molecule has 1 aromatic rings. The first kappa shape index (κ1) is 16.4. The molecule has 5 heteroatoms. The second kappa shape index (κ2) is 6.04. The van der Waals surface area contributed by atoms with Gasteiger partial charge in [-0.1, -0.05) is 19.1 Å². The highest BCUT2D eigenvalue weighted by molar-refractivity contribution is 6.04. The second-order valence-electron chi connectivity index (χ2n) is 6.92. The predicted molar refractivity (Wildman–Crippen MR) is 99.9 cm³/mol. The molecule has 132 valence electrons. The number of nitrogens with two attached hydrogens (primary N) is 1. The van der Waals surface area contributed by atoms with Crippen LogP contribution in [0.15, 0.2) is 71.1 Å². The van der Waals surface area contributed by atoms with E-state index in [-0.39, 0.29) is 12.0 Å². The van der Waals surface area contributed by atoms with Gasteiger partial charge < -0.3 is 21.3 Å². The summed E-state index contributed by atoms with van der Waals surface area (Å²) in [6.07, 6.45) is 10.6. The second-order valence-corrected chi connectivity index (χ2v) is 6.92. The number of anilines is 1. The average molecular weight is 349 g/mol. The molecular weight excluding hydrogens is 328 g/mol. The van der Waals surface area contributed by atoms with E-state index in [1.165, 1.54) is 0 Å². The lowest BCUT2D eigenvalue weighted by atomic mass is 9.80. The number of carboxylic acid groups (broad SMARTS) is 1. The number of nitrogen functional groups attached to an aromatic ring is 1. The van der Waals surface area contributed by atoms with Gasteiger partial charge in [0.1, 0.15) is 17.6 Å². The molecule has 1 heterocycles. The maximum atomic E-state index is 11.9. The number of carboxylic acids is 1. The standard InChI is InChI=1S/C21H20N2O3/c1-11-2-5-14(17(8-11)21(24)25)20-15-6-3-12(22)9-18(15)26-19-10-13(23)4-7-16(19)20/h3-12H,2,22-23H2,1H3,(H,24,25)/p+1. The van der Waals surface area contributed by atoms with Crippen molar-refractivity contribution < 1.29 is 20.4 Å². The number of fused-ring (bicyclic) bond motifs is 2. The maximum absolute atomic E-state index is 11.9. The molecule has 0 spiro atoms. The third-order valence-corrected chi connectivity index (χ3v) is 4.84. The Hall–Kier alpha value is -3.05. The molecule has 2 atom stereocenters. The Morgan fingerprint density at radius 1 is 1.35 bits per heavy atom. The third kappa shape index (κ3) is 2.66. The van der Waals surface area contributed by atoms with Crippen LogP contribution in [0.25, 0.3) is 5.57 Å². The number of allylic oxidation sites excluding steroid dienone is 4. The molecule has 1 aliphatic heterocycles. The quantitative estimate of drug-likeness (QED) is 0.714. The molecule has 0 saturated heterocycles. The Morgan fingerprint density at radius 2 is 2.15 bits per heavy atom. The van der Waals surface area contributed by atoms with Crippen molar-refractivity contribution in [2.45, 2.75) is 19.4 Å². The largest absolute Gasteiger partial charge is 0.478 e. The van der Waals surface area contributed by atoms with E-state index >= 15 is 0 Å². The number of hydrogen-bond donors (Lipinski definition) is 3. The molecule has 0 saturated carbocycles. The van der Waals surface area contributed by atoms with E-state index in [9.17, 15) is 9.90 Å². The molecule has 5 nitrogen and oxygen atoms in total. The van der Waals surface area contributed by atoms with Crippen molar-refractivity contribution in [1.82, 2.24) is 0 Å². The monoisotopic (exact) mass is 349 g/mol. The van der Waals surface area contributed by atoms with E-state index in [2.05, 4.69) is 5.73 Å². The van der Waals surface area contributed by atoms with Gasteiger partial charge in [-0.05, 0) is 42.2 Å². The van der Waals surface area contributed by atoms with E-state index in [1.54, 1.807) is 6.07 Å². The summed E-state index contributed by atoms with van der Waals surface area (Å²) in [5.74, 6) is 0.619.